The van der Waals surface area contributed by atoms with Crippen LogP contribution in [0.1, 0.15) is 42.5 Å². The molecule has 0 aromatic heterocycles. The van der Waals surface area contributed by atoms with Crippen LogP contribution in [0.2, 0.25) is 0 Å². The van der Waals surface area contributed by atoms with Gasteiger partial charge in [0.15, 0.2) is 11.5 Å². The Balaban J connectivity index is 1.87. The van der Waals surface area contributed by atoms with Gasteiger partial charge in [0.05, 0.1) is 19.8 Å². The molecule has 0 saturated carbocycles. The number of nitrogens with two attached hydrogens (primary N) is 1. The van der Waals surface area contributed by atoms with Gasteiger partial charge in [-0.1, -0.05) is 18.2 Å². The van der Waals surface area contributed by atoms with E-state index in [1.54, 1.807) is 13.2 Å². The van der Waals surface area contributed by atoms with Crippen LogP contribution < -0.4 is 15.2 Å². The van der Waals surface area contributed by atoms with E-state index in [0.717, 1.165) is 29.5 Å². The molecule has 148 valence electrons. The van der Waals surface area contributed by atoms with Crippen molar-refractivity contribution in [3.8, 4) is 11.5 Å². The molecule has 6 heteroatoms. The van der Waals surface area contributed by atoms with Crippen molar-refractivity contribution in [2.45, 2.75) is 32.2 Å². The van der Waals surface area contributed by atoms with Gasteiger partial charge in [-0.15, -0.1) is 0 Å². The number of nitrogens with zero attached hydrogens (tertiary/aromatic N) is 1. The van der Waals surface area contributed by atoms with E-state index in [4.69, 9.17) is 20.6 Å². The number of para-hydroxylation sites is 1. The molecule has 1 atom stereocenters. The minimum Gasteiger partial charge on any atom is -0.493 e. The Labute approximate surface area is 165 Å². The molecule has 0 spiro atoms. The number of methoxy groups -OCH3 is 1. The average molecular weight is 381 g/mol. The van der Waals surface area contributed by atoms with E-state index >= 15 is 0 Å². The number of nitrogen functional groups attached to an aromatic ring is 1. The first-order valence-electron chi connectivity index (χ1n) is 9.56. The van der Waals surface area contributed by atoms with Gasteiger partial charge in [-0.2, -0.15) is 0 Å². The Morgan fingerprint density at radius 3 is 2.79 bits per heavy atom. The molecule has 2 aromatic rings. The Kier molecular flexibility index (Phi) is 6.19. The van der Waals surface area contributed by atoms with Gasteiger partial charge < -0.3 is 25.5 Å². The van der Waals surface area contributed by atoms with Gasteiger partial charge in [0.2, 0.25) is 6.41 Å². The van der Waals surface area contributed by atoms with Crippen molar-refractivity contribution < 1.29 is 14.3 Å². The summed E-state index contributed by atoms with van der Waals surface area (Å²) < 4.78 is 11.2. The Morgan fingerprint density at radius 1 is 1.32 bits per heavy atom. The van der Waals surface area contributed by atoms with E-state index in [9.17, 15) is 4.79 Å². The molecule has 2 aromatic carbocycles. The molecule has 0 radical (unpaired) electrons. The second-order valence-corrected chi connectivity index (χ2v) is 6.85. The summed E-state index contributed by atoms with van der Waals surface area (Å²) in [7, 11) is 1.63. The molecule has 0 unspecified atom stereocenters. The predicted molar refractivity (Wildman–Crippen MR) is 110 cm³/mol. The summed E-state index contributed by atoms with van der Waals surface area (Å²) in [4.78, 5) is 13.5. The lowest BCUT2D eigenvalue weighted by Gasteiger charge is -2.35. The molecule has 1 aliphatic rings. The Hall–Kier alpha value is -3.02. The first-order chi connectivity index (χ1) is 13.6. The third kappa shape index (κ3) is 3.96. The molecule has 0 aliphatic carbocycles. The first kappa shape index (κ1) is 19.7. The molecule has 3 rings (SSSR count). The summed E-state index contributed by atoms with van der Waals surface area (Å²) in [5, 5.41) is 8.44. The highest BCUT2D eigenvalue weighted by atomic mass is 16.5. The Morgan fingerprint density at radius 2 is 2.11 bits per heavy atom. The summed E-state index contributed by atoms with van der Waals surface area (Å²) >= 11 is 0. The molecule has 1 heterocycles. The minimum absolute atomic E-state index is 0.100. The maximum absolute atomic E-state index is 11.7. The molecule has 0 fully saturated rings. The van der Waals surface area contributed by atoms with Gasteiger partial charge in [0.1, 0.15) is 0 Å². The SMILES string of the molecule is CCOc1cc2c(cc1OC)CCN(C=O)[C@H]2CCC(=N)c1ccccc1N. The number of amides is 1. The van der Waals surface area contributed by atoms with E-state index in [-0.39, 0.29) is 6.04 Å². The minimum atomic E-state index is -0.100. The molecule has 6 nitrogen and oxygen atoms in total. The van der Waals surface area contributed by atoms with Gasteiger partial charge in [-0.05, 0) is 55.5 Å². The zero-order chi connectivity index (χ0) is 20.1. The second kappa shape index (κ2) is 8.78. The van der Waals surface area contributed by atoms with Crippen LogP contribution in [-0.4, -0.2) is 37.3 Å². The highest BCUT2D eigenvalue weighted by molar-refractivity contribution is 6.02. The number of nitrogens with one attached hydrogen (secondary N) is 1. The first-order valence-corrected chi connectivity index (χ1v) is 9.56. The van der Waals surface area contributed by atoms with Crippen molar-refractivity contribution in [2.24, 2.45) is 0 Å². The smallest absolute Gasteiger partial charge is 0.210 e. The van der Waals surface area contributed by atoms with Crippen molar-refractivity contribution in [2.75, 3.05) is 26.0 Å². The summed E-state index contributed by atoms with van der Waals surface area (Å²) in [6.45, 7) is 3.12. The van der Waals surface area contributed by atoms with E-state index < -0.39 is 0 Å². The second-order valence-electron chi connectivity index (χ2n) is 6.85. The zero-order valence-electron chi connectivity index (χ0n) is 16.4. The number of anilines is 1. The lowest BCUT2D eigenvalue weighted by molar-refractivity contribution is -0.120. The number of carbonyl (C=O) groups is 1. The third-order valence-corrected chi connectivity index (χ3v) is 5.21. The molecular weight excluding hydrogens is 354 g/mol. The fraction of sp³-hybridized carbons (Fsp3) is 0.364. The summed E-state index contributed by atoms with van der Waals surface area (Å²) in [6.07, 6.45) is 2.85. The van der Waals surface area contributed by atoms with Crippen molar-refractivity contribution >= 4 is 17.8 Å². The maximum Gasteiger partial charge on any atom is 0.210 e. The van der Waals surface area contributed by atoms with Gasteiger partial charge >= 0.3 is 0 Å². The molecule has 0 saturated heterocycles. The largest absolute Gasteiger partial charge is 0.493 e. The van der Waals surface area contributed by atoms with Gasteiger partial charge in [-0.3, -0.25) is 4.79 Å². The molecule has 1 aliphatic heterocycles. The summed E-state index contributed by atoms with van der Waals surface area (Å²) in [5.41, 5.74) is 10.1. The zero-order valence-corrected chi connectivity index (χ0v) is 16.4. The highest BCUT2D eigenvalue weighted by Crippen LogP contribution is 2.39. The highest BCUT2D eigenvalue weighted by Gasteiger charge is 2.28. The van der Waals surface area contributed by atoms with Crippen molar-refractivity contribution in [3.05, 3.63) is 53.1 Å². The number of rotatable bonds is 8. The van der Waals surface area contributed by atoms with Crippen molar-refractivity contribution in [3.63, 3.8) is 0 Å². The number of benzene rings is 2. The molecule has 28 heavy (non-hydrogen) atoms. The topological polar surface area (TPSA) is 88.6 Å². The molecule has 0 bridgehead atoms. The molecular formula is C22H27N3O3. The van der Waals surface area contributed by atoms with Gasteiger partial charge in [0, 0.05) is 23.5 Å². The number of fused-ring (bicyclic) bond motifs is 1. The summed E-state index contributed by atoms with van der Waals surface area (Å²) in [5.74, 6) is 1.40. The van der Waals surface area contributed by atoms with Crippen LogP contribution in [0.25, 0.3) is 0 Å². The predicted octanol–water partition coefficient (Wildman–Crippen LogP) is 3.58. The van der Waals surface area contributed by atoms with Crippen LogP contribution in [0.5, 0.6) is 11.5 Å². The van der Waals surface area contributed by atoms with Crippen molar-refractivity contribution in [1.29, 1.82) is 5.41 Å². The lowest BCUT2D eigenvalue weighted by atomic mass is 9.88. The summed E-state index contributed by atoms with van der Waals surface area (Å²) in [6, 6.07) is 11.3. The van der Waals surface area contributed by atoms with Crippen LogP contribution in [0.3, 0.4) is 0 Å². The van der Waals surface area contributed by atoms with Crippen LogP contribution in [0.4, 0.5) is 5.69 Å². The van der Waals surface area contributed by atoms with Crippen LogP contribution in [0.15, 0.2) is 36.4 Å². The normalized spacial score (nSPS) is 15.6. The number of carbonyl (C=O) groups excluding carboxylic acids is 1. The standard InChI is InChI=1S/C22H27N3O3/c1-3-28-22-13-17-15(12-21(22)27-2)10-11-25(14-26)20(17)9-8-19(24)16-6-4-5-7-18(16)23/h4-7,12-14,20,24H,3,8-11,23H2,1-2H3/t20-/m0/s1. The fourth-order valence-electron chi connectivity index (χ4n) is 3.79. The van der Waals surface area contributed by atoms with Gasteiger partial charge in [0.25, 0.3) is 0 Å². The average Bonchev–Trinajstić information content (AvgIpc) is 2.71. The number of ether oxygens (including phenoxy) is 2. The number of hydrogen-bond donors (Lipinski definition) is 2. The van der Waals surface area contributed by atoms with Crippen molar-refractivity contribution in [1.82, 2.24) is 4.90 Å². The van der Waals surface area contributed by atoms with Crippen LogP contribution in [-0.2, 0) is 11.2 Å². The maximum atomic E-state index is 11.7. The molecule has 1 amide bonds. The van der Waals surface area contributed by atoms with E-state index in [0.29, 0.717) is 48.9 Å². The Bertz CT molecular complexity index is 866. The van der Waals surface area contributed by atoms with Gasteiger partial charge in [-0.25, -0.2) is 0 Å². The molecule has 3 N–H and O–H groups in total. The monoisotopic (exact) mass is 381 g/mol. The lowest BCUT2D eigenvalue weighted by Crippen LogP contribution is -2.34. The van der Waals surface area contributed by atoms with E-state index in [1.165, 1.54) is 0 Å². The van der Waals surface area contributed by atoms with Crippen LogP contribution >= 0.6 is 0 Å². The van der Waals surface area contributed by atoms with Crippen LogP contribution in [0, 0.1) is 5.41 Å². The quantitative estimate of drug-likeness (QED) is 0.416. The fourth-order valence-corrected chi connectivity index (χ4v) is 3.79. The van der Waals surface area contributed by atoms with E-state index in [1.807, 2.05) is 42.2 Å². The van der Waals surface area contributed by atoms with E-state index in [2.05, 4.69) is 0 Å². The third-order valence-electron chi connectivity index (χ3n) is 5.21. The number of hydrogen-bond acceptors (Lipinski definition) is 5.